The first-order valence-electron chi connectivity index (χ1n) is 34.3. The Morgan fingerprint density at radius 3 is 0.974 bits per heavy atom. The maximum atomic E-state index is 12.7. The standard InChI is InChI=1S/C68H132NO8P/c1-3-5-7-9-11-13-15-17-19-21-23-24-25-26-27-28-29-30-31-32-33-34-35-36-37-38-39-40-41-42-43-45-47-49-51-53-55-57-59-61-68(71)77-66(65-76-78(72,73)75-63-62-69)64-74-67(70)60-58-56-54-52-50-48-46-44-22-20-18-16-14-12-10-8-6-4-2/h15,17,21,23,66H,3-14,16,18-20,22,24-65,69H2,1-2H3,(H,72,73)/b17-15-,23-21-. The number of unbranched alkanes of at least 4 members (excludes halogenated alkanes) is 49. The number of allylic oxidation sites excluding steroid dienone is 4. The van der Waals surface area contributed by atoms with Gasteiger partial charge in [0.1, 0.15) is 6.61 Å². The number of esters is 2. The van der Waals surface area contributed by atoms with E-state index in [2.05, 4.69) is 38.2 Å². The van der Waals surface area contributed by atoms with Crippen molar-refractivity contribution < 1.29 is 37.6 Å². The molecule has 0 aliphatic rings. The van der Waals surface area contributed by atoms with Gasteiger partial charge in [-0.05, 0) is 44.9 Å². The van der Waals surface area contributed by atoms with E-state index < -0.39 is 26.5 Å². The molecule has 0 radical (unpaired) electrons. The van der Waals surface area contributed by atoms with Gasteiger partial charge in [-0.2, -0.15) is 0 Å². The minimum atomic E-state index is -4.38. The van der Waals surface area contributed by atoms with Crippen LogP contribution in [0.25, 0.3) is 0 Å². The number of rotatable bonds is 66. The molecule has 0 heterocycles. The molecule has 0 rings (SSSR count). The molecule has 9 nitrogen and oxygen atoms in total. The van der Waals surface area contributed by atoms with E-state index in [-0.39, 0.29) is 38.6 Å². The van der Waals surface area contributed by atoms with Gasteiger partial charge in [0.2, 0.25) is 0 Å². The smallest absolute Gasteiger partial charge is 0.462 e. The maximum absolute atomic E-state index is 12.7. The van der Waals surface area contributed by atoms with Crippen molar-refractivity contribution in [2.75, 3.05) is 26.4 Å². The zero-order valence-electron chi connectivity index (χ0n) is 51.9. The van der Waals surface area contributed by atoms with E-state index in [4.69, 9.17) is 24.3 Å². The molecular weight excluding hydrogens is 990 g/mol. The largest absolute Gasteiger partial charge is 0.472 e. The second kappa shape index (κ2) is 64.7. The Balaban J connectivity index is 3.74. The van der Waals surface area contributed by atoms with Crippen LogP contribution in [0.15, 0.2) is 24.3 Å². The minimum Gasteiger partial charge on any atom is -0.462 e. The third-order valence-corrected chi connectivity index (χ3v) is 16.6. The van der Waals surface area contributed by atoms with Crippen molar-refractivity contribution in [2.24, 2.45) is 5.73 Å². The van der Waals surface area contributed by atoms with E-state index in [1.807, 2.05) is 0 Å². The van der Waals surface area contributed by atoms with Crippen LogP contribution in [0.2, 0.25) is 0 Å². The summed E-state index contributed by atoms with van der Waals surface area (Å²) in [7, 11) is -4.38. The fourth-order valence-electron chi connectivity index (χ4n) is 10.5. The molecule has 0 spiro atoms. The van der Waals surface area contributed by atoms with Crippen LogP contribution in [0.3, 0.4) is 0 Å². The lowest BCUT2D eigenvalue weighted by molar-refractivity contribution is -0.161. The van der Waals surface area contributed by atoms with Crippen molar-refractivity contribution in [1.29, 1.82) is 0 Å². The van der Waals surface area contributed by atoms with Crippen LogP contribution in [0.4, 0.5) is 0 Å². The average molecular weight is 1120 g/mol. The molecule has 10 heteroatoms. The number of hydrogen-bond acceptors (Lipinski definition) is 8. The van der Waals surface area contributed by atoms with Gasteiger partial charge in [0.15, 0.2) is 6.10 Å². The molecule has 0 bridgehead atoms. The summed E-state index contributed by atoms with van der Waals surface area (Å²) in [4.78, 5) is 35.3. The van der Waals surface area contributed by atoms with Crippen molar-refractivity contribution in [3.05, 3.63) is 24.3 Å². The van der Waals surface area contributed by atoms with Crippen LogP contribution in [0.5, 0.6) is 0 Å². The van der Waals surface area contributed by atoms with Crippen LogP contribution in [0.1, 0.15) is 367 Å². The molecule has 0 aromatic carbocycles. The highest BCUT2D eigenvalue weighted by Gasteiger charge is 2.26. The number of phosphoric ester groups is 1. The predicted molar refractivity (Wildman–Crippen MR) is 335 cm³/mol. The molecule has 0 saturated heterocycles. The van der Waals surface area contributed by atoms with Crippen molar-refractivity contribution >= 4 is 19.8 Å². The monoisotopic (exact) mass is 1120 g/mol. The number of carbonyl (C=O) groups is 2. The highest BCUT2D eigenvalue weighted by molar-refractivity contribution is 7.47. The van der Waals surface area contributed by atoms with Crippen LogP contribution in [-0.4, -0.2) is 49.3 Å². The molecule has 0 amide bonds. The minimum absolute atomic E-state index is 0.0575. The Kier molecular flexibility index (Phi) is 63.4. The summed E-state index contributed by atoms with van der Waals surface area (Å²) in [5.41, 5.74) is 5.39. The van der Waals surface area contributed by atoms with Crippen molar-refractivity contribution in [2.45, 2.75) is 373 Å². The number of phosphoric acid groups is 1. The van der Waals surface area contributed by atoms with Gasteiger partial charge in [-0.3, -0.25) is 18.6 Å². The molecule has 0 fully saturated rings. The van der Waals surface area contributed by atoms with E-state index in [1.165, 1.54) is 295 Å². The summed E-state index contributed by atoms with van der Waals surface area (Å²) in [6.07, 6.45) is 78.6. The van der Waals surface area contributed by atoms with Gasteiger partial charge in [0.25, 0.3) is 0 Å². The molecular formula is C68H132NO8P. The number of ether oxygens (including phenoxy) is 2. The fourth-order valence-corrected chi connectivity index (χ4v) is 11.3. The highest BCUT2D eigenvalue weighted by atomic mass is 31.2. The first-order chi connectivity index (χ1) is 38.3. The SMILES string of the molecule is CCCCCCC/C=C\C/C=C\CCCCCCCCCCCCCCCCCCCCCCCCCCCCCC(=O)OC(COC(=O)CCCCCCCCCCCCCCCCCCCC)COP(=O)(O)OCCN. The summed E-state index contributed by atoms with van der Waals surface area (Å²) < 4.78 is 33.1. The maximum Gasteiger partial charge on any atom is 0.472 e. The molecule has 462 valence electrons. The van der Waals surface area contributed by atoms with Gasteiger partial charge in [-0.15, -0.1) is 0 Å². The number of nitrogens with two attached hydrogens (primary N) is 1. The van der Waals surface area contributed by atoms with Crippen LogP contribution in [0, 0.1) is 0 Å². The van der Waals surface area contributed by atoms with E-state index in [1.54, 1.807) is 0 Å². The van der Waals surface area contributed by atoms with Crippen LogP contribution < -0.4 is 5.73 Å². The first kappa shape index (κ1) is 76.5. The van der Waals surface area contributed by atoms with Crippen molar-refractivity contribution in [3.8, 4) is 0 Å². The highest BCUT2D eigenvalue weighted by Crippen LogP contribution is 2.43. The fraction of sp³-hybridized carbons (Fsp3) is 0.912. The van der Waals surface area contributed by atoms with E-state index in [0.717, 1.165) is 38.5 Å². The molecule has 0 aliphatic carbocycles. The molecule has 0 aromatic rings. The van der Waals surface area contributed by atoms with Gasteiger partial charge in [-0.25, -0.2) is 4.57 Å². The first-order valence-corrected chi connectivity index (χ1v) is 35.8. The molecule has 2 unspecified atom stereocenters. The van der Waals surface area contributed by atoms with Gasteiger partial charge >= 0.3 is 19.8 Å². The van der Waals surface area contributed by atoms with E-state index >= 15 is 0 Å². The summed E-state index contributed by atoms with van der Waals surface area (Å²) >= 11 is 0. The molecule has 0 aromatic heterocycles. The average Bonchev–Trinajstić information content (AvgIpc) is 3.43. The Labute approximate surface area is 484 Å². The van der Waals surface area contributed by atoms with Crippen LogP contribution in [-0.2, 0) is 32.7 Å². The van der Waals surface area contributed by atoms with Gasteiger partial charge in [0.05, 0.1) is 13.2 Å². The van der Waals surface area contributed by atoms with Gasteiger partial charge in [-0.1, -0.05) is 334 Å². The third-order valence-electron chi connectivity index (χ3n) is 15.6. The molecule has 3 N–H and O–H groups in total. The predicted octanol–water partition coefficient (Wildman–Crippen LogP) is 22.1. The summed E-state index contributed by atoms with van der Waals surface area (Å²) in [5, 5.41) is 0. The number of hydrogen-bond donors (Lipinski definition) is 2. The van der Waals surface area contributed by atoms with Crippen LogP contribution >= 0.6 is 7.82 Å². The Morgan fingerprint density at radius 2 is 0.667 bits per heavy atom. The lowest BCUT2D eigenvalue weighted by Gasteiger charge is -2.19. The summed E-state index contributed by atoms with van der Waals surface area (Å²) in [5.74, 6) is -0.803. The Hall–Kier alpha value is -1.51. The van der Waals surface area contributed by atoms with Crippen molar-refractivity contribution in [3.63, 3.8) is 0 Å². The van der Waals surface area contributed by atoms with E-state index in [9.17, 15) is 19.0 Å². The molecule has 78 heavy (non-hydrogen) atoms. The molecule has 0 saturated carbocycles. The topological polar surface area (TPSA) is 134 Å². The zero-order chi connectivity index (χ0) is 56.6. The second-order valence-corrected chi connectivity index (χ2v) is 24.9. The summed E-state index contributed by atoms with van der Waals surface area (Å²) in [6, 6.07) is 0. The third kappa shape index (κ3) is 63.7. The Bertz CT molecular complexity index is 1330. The van der Waals surface area contributed by atoms with Crippen molar-refractivity contribution in [1.82, 2.24) is 0 Å². The zero-order valence-corrected chi connectivity index (χ0v) is 52.8. The quantitative estimate of drug-likeness (QED) is 0.0264. The lowest BCUT2D eigenvalue weighted by Crippen LogP contribution is -2.29. The lowest BCUT2D eigenvalue weighted by atomic mass is 10.0. The van der Waals surface area contributed by atoms with Gasteiger partial charge < -0.3 is 20.1 Å². The Morgan fingerprint density at radius 1 is 0.385 bits per heavy atom. The number of carbonyl (C=O) groups excluding carboxylic acids is 2. The van der Waals surface area contributed by atoms with E-state index in [0.29, 0.717) is 6.42 Å². The normalized spacial score (nSPS) is 13.0. The van der Waals surface area contributed by atoms with Gasteiger partial charge in [0, 0.05) is 19.4 Å². The molecule has 0 aliphatic heterocycles. The molecule has 2 atom stereocenters. The second-order valence-electron chi connectivity index (χ2n) is 23.4. The summed E-state index contributed by atoms with van der Waals surface area (Å²) in [6.45, 7) is 3.81.